The smallest absolute Gasteiger partial charge is 0.283 e. The van der Waals surface area contributed by atoms with Gasteiger partial charge >= 0.3 is 0 Å². The van der Waals surface area contributed by atoms with Crippen molar-refractivity contribution < 1.29 is 27.4 Å². The summed E-state index contributed by atoms with van der Waals surface area (Å²) in [6.45, 7) is 3.79. The van der Waals surface area contributed by atoms with Crippen molar-refractivity contribution in [2.24, 2.45) is 5.41 Å². The highest BCUT2D eigenvalue weighted by atomic mass is 19.2. The fourth-order valence-electron chi connectivity index (χ4n) is 3.05. The molecule has 1 aromatic rings. The van der Waals surface area contributed by atoms with Gasteiger partial charge < -0.3 is 14.2 Å². The Hall–Kier alpha value is -1.11. The van der Waals surface area contributed by atoms with Crippen molar-refractivity contribution in [3.05, 3.63) is 35.1 Å². The van der Waals surface area contributed by atoms with Gasteiger partial charge in [-0.3, -0.25) is 0 Å². The minimum atomic E-state index is -1.45. The Balaban J connectivity index is 1.63. The minimum absolute atomic E-state index is 0.0788. The summed E-state index contributed by atoms with van der Waals surface area (Å²) in [6.07, 6.45) is 2.57. The molecule has 0 saturated carbocycles. The standard InChI is InChI=1S/C16H19F3O3/c1-2-4-15-8-20-16(21-9-15,22-10-15)5-3-11-6-12(17)14(19)13(18)7-11/h6-7H,2-5,8-10H2,1H3. The SMILES string of the molecule is CCCC12COC(CCc3cc(F)c(F)c(F)c3)(OC1)OC2. The summed E-state index contributed by atoms with van der Waals surface area (Å²) in [5.41, 5.74) is 0.266. The molecule has 0 radical (unpaired) electrons. The summed E-state index contributed by atoms with van der Waals surface area (Å²) in [6, 6.07) is 1.98. The van der Waals surface area contributed by atoms with Crippen molar-refractivity contribution >= 4 is 0 Å². The maximum Gasteiger partial charge on any atom is 0.283 e. The molecular formula is C16H19F3O3. The predicted molar refractivity (Wildman–Crippen MR) is 72.6 cm³/mol. The van der Waals surface area contributed by atoms with E-state index in [2.05, 4.69) is 6.92 Å². The van der Waals surface area contributed by atoms with E-state index in [1.165, 1.54) is 0 Å². The Labute approximate surface area is 127 Å². The lowest BCUT2D eigenvalue weighted by Gasteiger charge is -2.52. The summed E-state index contributed by atoms with van der Waals surface area (Å²) in [5, 5.41) is 0. The summed E-state index contributed by atoms with van der Waals surface area (Å²) >= 11 is 0. The second-order valence-corrected chi connectivity index (χ2v) is 6.17. The van der Waals surface area contributed by atoms with Crippen LogP contribution in [0.4, 0.5) is 13.2 Å². The van der Waals surface area contributed by atoms with Crippen LogP contribution in [0, 0.1) is 22.9 Å². The van der Waals surface area contributed by atoms with Crippen LogP contribution >= 0.6 is 0 Å². The van der Waals surface area contributed by atoms with Crippen molar-refractivity contribution in [1.29, 1.82) is 0 Å². The molecule has 1 aromatic carbocycles. The van der Waals surface area contributed by atoms with Crippen molar-refractivity contribution in [3.63, 3.8) is 0 Å². The van der Waals surface area contributed by atoms with Crippen LogP contribution < -0.4 is 0 Å². The number of rotatable bonds is 5. The van der Waals surface area contributed by atoms with Gasteiger partial charge in [0.25, 0.3) is 5.97 Å². The third-order valence-corrected chi connectivity index (χ3v) is 4.34. The Morgan fingerprint density at radius 2 is 1.50 bits per heavy atom. The Bertz CT molecular complexity index is 514. The molecule has 3 nitrogen and oxygen atoms in total. The molecule has 0 atom stereocenters. The van der Waals surface area contributed by atoms with Crippen molar-refractivity contribution in [3.8, 4) is 0 Å². The van der Waals surface area contributed by atoms with Gasteiger partial charge in [0.1, 0.15) is 0 Å². The van der Waals surface area contributed by atoms with Crippen molar-refractivity contribution in [1.82, 2.24) is 0 Å². The number of ether oxygens (including phenoxy) is 3. The maximum atomic E-state index is 13.2. The molecule has 3 fully saturated rings. The molecule has 3 saturated heterocycles. The van der Waals surface area contributed by atoms with E-state index in [1.807, 2.05) is 0 Å². The van der Waals surface area contributed by atoms with E-state index in [4.69, 9.17) is 14.2 Å². The maximum absolute atomic E-state index is 13.2. The molecule has 22 heavy (non-hydrogen) atoms. The summed E-state index contributed by atoms with van der Waals surface area (Å²) < 4.78 is 56.5. The van der Waals surface area contributed by atoms with E-state index in [-0.39, 0.29) is 11.8 Å². The summed E-state index contributed by atoms with van der Waals surface area (Å²) in [7, 11) is 0. The zero-order chi connectivity index (χ0) is 15.8. The van der Waals surface area contributed by atoms with Gasteiger partial charge in [-0.25, -0.2) is 13.2 Å². The quantitative estimate of drug-likeness (QED) is 0.778. The number of hydrogen-bond donors (Lipinski definition) is 0. The topological polar surface area (TPSA) is 27.7 Å². The molecule has 3 heterocycles. The normalized spacial score (nSPS) is 30.7. The molecule has 3 aliphatic heterocycles. The molecule has 3 aliphatic rings. The molecule has 0 aromatic heterocycles. The lowest BCUT2D eigenvalue weighted by molar-refractivity contribution is -0.470. The van der Waals surface area contributed by atoms with E-state index in [0.717, 1.165) is 25.0 Å². The van der Waals surface area contributed by atoms with Crippen LogP contribution in [-0.2, 0) is 20.6 Å². The molecule has 0 spiro atoms. The van der Waals surface area contributed by atoms with Gasteiger partial charge in [-0.1, -0.05) is 13.3 Å². The molecule has 0 unspecified atom stereocenters. The van der Waals surface area contributed by atoms with Gasteiger partial charge in [0, 0.05) is 11.8 Å². The molecule has 6 heteroatoms. The number of hydrogen-bond acceptors (Lipinski definition) is 3. The number of benzene rings is 1. The Morgan fingerprint density at radius 3 is 2.00 bits per heavy atom. The van der Waals surface area contributed by atoms with E-state index >= 15 is 0 Å². The van der Waals surface area contributed by atoms with E-state index in [0.29, 0.717) is 31.8 Å². The molecule has 2 bridgehead atoms. The first kappa shape index (κ1) is 15.8. The molecular weight excluding hydrogens is 297 g/mol. The van der Waals surface area contributed by atoms with Crippen molar-refractivity contribution in [2.45, 2.75) is 38.6 Å². The van der Waals surface area contributed by atoms with Crippen LogP contribution in [0.5, 0.6) is 0 Å². The van der Waals surface area contributed by atoms with Crippen LogP contribution in [0.1, 0.15) is 31.7 Å². The third kappa shape index (κ3) is 2.87. The van der Waals surface area contributed by atoms with Gasteiger partial charge in [0.2, 0.25) is 0 Å². The van der Waals surface area contributed by atoms with E-state index in [9.17, 15) is 13.2 Å². The van der Waals surface area contributed by atoms with Crippen molar-refractivity contribution in [2.75, 3.05) is 19.8 Å². The average molecular weight is 316 g/mol. The molecule has 0 aliphatic carbocycles. The van der Waals surface area contributed by atoms with Crippen LogP contribution in [0.3, 0.4) is 0 Å². The van der Waals surface area contributed by atoms with Gasteiger partial charge in [-0.15, -0.1) is 0 Å². The Morgan fingerprint density at radius 1 is 0.955 bits per heavy atom. The van der Waals surface area contributed by atoms with Crippen LogP contribution in [-0.4, -0.2) is 25.8 Å². The van der Waals surface area contributed by atoms with Gasteiger partial charge in [-0.2, -0.15) is 0 Å². The minimum Gasteiger partial charge on any atom is -0.327 e. The highest BCUT2D eigenvalue weighted by molar-refractivity contribution is 5.19. The third-order valence-electron chi connectivity index (χ3n) is 4.34. The molecule has 122 valence electrons. The van der Waals surface area contributed by atoms with E-state index < -0.39 is 23.4 Å². The van der Waals surface area contributed by atoms with Crippen LogP contribution in [0.2, 0.25) is 0 Å². The van der Waals surface area contributed by atoms with Crippen LogP contribution in [0.15, 0.2) is 12.1 Å². The van der Waals surface area contributed by atoms with E-state index in [1.54, 1.807) is 0 Å². The van der Waals surface area contributed by atoms with Gasteiger partial charge in [-0.05, 0) is 30.5 Å². The number of halogens is 3. The Kier molecular flexibility index (Phi) is 4.18. The molecule has 4 rings (SSSR count). The second kappa shape index (κ2) is 5.83. The second-order valence-electron chi connectivity index (χ2n) is 6.17. The molecule has 0 N–H and O–H groups in total. The highest BCUT2D eigenvalue weighted by Crippen LogP contribution is 2.43. The van der Waals surface area contributed by atoms with Gasteiger partial charge in [0.15, 0.2) is 17.5 Å². The molecule has 0 amide bonds. The monoisotopic (exact) mass is 316 g/mol. The summed E-state index contributed by atoms with van der Waals surface area (Å²) in [5.74, 6) is -4.98. The predicted octanol–water partition coefficient (Wildman–Crippen LogP) is 3.55. The first-order chi connectivity index (χ1) is 10.5. The average Bonchev–Trinajstić information content (AvgIpc) is 2.53. The number of aryl methyl sites for hydroxylation is 1. The zero-order valence-electron chi connectivity index (χ0n) is 12.5. The largest absolute Gasteiger partial charge is 0.327 e. The van der Waals surface area contributed by atoms with Crippen LogP contribution in [0.25, 0.3) is 0 Å². The number of fused-ring (bicyclic) bond motifs is 3. The lowest BCUT2D eigenvalue weighted by atomic mass is 9.84. The highest BCUT2D eigenvalue weighted by Gasteiger charge is 2.51. The fourth-order valence-corrected chi connectivity index (χ4v) is 3.05. The first-order valence-corrected chi connectivity index (χ1v) is 7.53. The zero-order valence-corrected chi connectivity index (χ0v) is 12.5. The lowest BCUT2D eigenvalue weighted by Crippen LogP contribution is -2.60. The summed E-state index contributed by atoms with van der Waals surface area (Å²) in [4.78, 5) is 0. The fraction of sp³-hybridized carbons (Fsp3) is 0.625. The first-order valence-electron chi connectivity index (χ1n) is 7.53. The van der Waals surface area contributed by atoms with Gasteiger partial charge in [0.05, 0.1) is 19.8 Å².